The Hall–Kier alpha value is -1.84. The van der Waals surface area contributed by atoms with Crippen LogP contribution in [-0.2, 0) is 25.4 Å². The number of hydrogen-bond donors (Lipinski definition) is 1. The Morgan fingerprint density at radius 3 is 2.64 bits per heavy atom. The van der Waals surface area contributed by atoms with Crippen LogP contribution in [0.4, 0.5) is 5.95 Å². The predicted octanol–water partition coefficient (Wildman–Crippen LogP) is -4.71. The molecule has 9 nitrogen and oxygen atoms in total. The van der Waals surface area contributed by atoms with Gasteiger partial charge in [-0.3, -0.25) is 13.9 Å². The van der Waals surface area contributed by atoms with E-state index in [2.05, 4.69) is 15.6 Å². The number of rotatable bonds is 4. The van der Waals surface area contributed by atoms with Gasteiger partial charge in [-0.05, 0) is 6.92 Å². The zero-order valence-corrected chi connectivity index (χ0v) is 15.6. The van der Waals surface area contributed by atoms with Crippen LogP contribution in [0.3, 0.4) is 0 Å². The van der Waals surface area contributed by atoms with E-state index in [0.29, 0.717) is 37.4 Å². The molecule has 2 aromatic rings. The number of anilines is 1. The second kappa shape index (κ2) is 7.59. The highest BCUT2D eigenvalue weighted by atomic mass is 35.5. The van der Waals surface area contributed by atoms with Crippen LogP contribution < -0.4 is 34.3 Å². The molecule has 1 atom stereocenters. The Kier molecular flexibility index (Phi) is 5.91. The van der Waals surface area contributed by atoms with E-state index in [-0.39, 0.29) is 29.8 Å². The maximum absolute atomic E-state index is 12.7. The Balaban J connectivity index is 0.00000225. The van der Waals surface area contributed by atoms with Crippen molar-refractivity contribution < 1.29 is 22.9 Å². The maximum Gasteiger partial charge on any atom is 0.332 e. The third kappa shape index (κ3) is 3.31. The highest BCUT2D eigenvalue weighted by Gasteiger charge is 2.25. The number of quaternary nitrogens is 1. The van der Waals surface area contributed by atoms with Crippen molar-refractivity contribution >= 4 is 17.1 Å². The van der Waals surface area contributed by atoms with E-state index in [0.717, 1.165) is 23.5 Å². The molecule has 140 valence electrons. The fraction of sp³-hybridized carbons (Fsp3) is 0.667. The minimum Gasteiger partial charge on any atom is -1.00 e. The van der Waals surface area contributed by atoms with Gasteiger partial charge in [0.05, 0.1) is 19.3 Å². The number of hydrogen-bond acceptors (Lipinski definition) is 5. The molecule has 1 aliphatic rings. The molecule has 25 heavy (non-hydrogen) atoms. The maximum atomic E-state index is 12.7. The summed E-state index contributed by atoms with van der Waals surface area (Å²) in [7, 11) is 3.15. The number of ether oxygens (including phenoxy) is 1. The van der Waals surface area contributed by atoms with Gasteiger partial charge in [0.2, 0.25) is 5.95 Å². The fourth-order valence-electron chi connectivity index (χ4n) is 3.16. The van der Waals surface area contributed by atoms with Crippen molar-refractivity contribution in [1.29, 1.82) is 0 Å². The number of halogens is 1. The van der Waals surface area contributed by atoms with Gasteiger partial charge in [-0.2, -0.15) is 4.98 Å². The molecule has 1 aliphatic heterocycles. The van der Waals surface area contributed by atoms with E-state index in [1.165, 1.54) is 11.6 Å². The summed E-state index contributed by atoms with van der Waals surface area (Å²) in [5.74, 6) is 0.729. The van der Waals surface area contributed by atoms with Crippen molar-refractivity contribution in [2.45, 2.75) is 26.0 Å². The lowest BCUT2D eigenvalue weighted by Crippen LogP contribution is -3.00. The third-order valence-electron chi connectivity index (χ3n) is 4.48. The summed E-state index contributed by atoms with van der Waals surface area (Å²) in [5.41, 5.74) is 4.12. The summed E-state index contributed by atoms with van der Waals surface area (Å²) in [6.07, 6.45) is 0.941. The van der Waals surface area contributed by atoms with Gasteiger partial charge in [0.15, 0.2) is 11.2 Å². The van der Waals surface area contributed by atoms with Crippen LogP contribution in [0, 0.1) is 0 Å². The lowest BCUT2D eigenvalue weighted by atomic mass is 10.3. The lowest BCUT2D eigenvalue weighted by molar-refractivity contribution is -0.368. The zero-order valence-electron chi connectivity index (χ0n) is 14.9. The average Bonchev–Trinajstić information content (AvgIpc) is 2.95. The molecule has 0 amide bonds. The Bertz CT molecular complexity index is 871. The molecule has 0 aliphatic carbocycles. The number of aryl methyl sites for hydroxylation is 2. The predicted molar refractivity (Wildman–Crippen MR) is 90.2 cm³/mol. The molecular formula is C15H25ClN6O3. The van der Waals surface area contributed by atoms with E-state index >= 15 is 0 Å². The van der Waals surface area contributed by atoms with Crippen LogP contribution in [0.25, 0.3) is 11.2 Å². The molecule has 0 aromatic carbocycles. The summed E-state index contributed by atoms with van der Waals surface area (Å²) < 4.78 is 10.1. The van der Waals surface area contributed by atoms with Gasteiger partial charge in [-0.25, -0.2) is 4.79 Å². The van der Waals surface area contributed by atoms with E-state index in [9.17, 15) is 9.59 Å². The van der Waals surface area contributed by atoms with Crippen molar-refractivity contribution in [2.75, 3.05) is 31.1 Å². The van der Waals surface area contributed by atoms with Crippen LogP contribution in [-0.4, -0.2) is 51.0 Å². The SMILES string of the molecule is CC1CN(c2nc3c(c(=O)n(C)c(=O)n3C)n2CCC[NH3+])CCO1.[Cl-]. The van der Waals surface area contributed by atoms with Gasteiger partial charge in [0, 0.05) is 40.2 Å². The summed E-state index contributed by atoms with van der Waals surface area (Å²) in [5, 5.41) is 0. The molecule has 10 heteroatoms. The lowest BCUT2D eigenvalue weighted by Gasteiger charge is -2.32. The number of morpholine rings is 1. The van der Waals surface area contributed by atoms with Crippen LogP contribution >= 0.6 is 0 Å². The van der Waals surface area contributed by atoms with E-state index < -0.39 is 0 Å². The van der Waals surface area contributed by atoms with E-state index in [1.54, 1.807) is 7.05 Å². The summed E-state index contributed by atoms with van der Waals surface area (Å²) in [6.45, 7) is 5.48. The standard InChI is InChI=1S/C15H24N6O3.ClH/c1-10-9-20(7-8-24-10)14-17-12-11(21(14)6-4-5-16)13(22)19(3)15(23)18(12)2;/h10H,4-9,16H2,1-3H3;1H. The Labute approximate surface area is 151 Å². The van der Waals surface area contributed by atoms with Gasteiger partial charge in [-0.1, -0.05) is 0 Å². The molecule has 1 unspecified atom stereocenters. The molecule has 3 rings (SSSR count). The van der Waals surface area contributed by atoms with Crippen molar-refractivity contribution in [2.24, 2.45) is 14.1 Å². The molecule has 3 heterocycles. The van der Waals surface area contributed by atoms with Gasteiger partial charge < -0.3 is 32.3 Å². The first kappa shape index (κ1) is 19.5. The molecule has 0 saturated carbocycles. The minimum atomic E-state index is -0.365. The average molecular weight is 373 g/mol. The van der Waals surface area contributed by atoms with Gasteiger partial charge >= 0.3 is 5.69 Å². The van der Waals surface area contributed by atoms with E-state index in [1.807, 2.05) is 11.5 Å². The highest BCUT2D eigenvalue weighted by molar-refractivity contribution is 5.74. The van der Waals surface area contributed by atoms with Gasteiger partial charge in [-0.15, -0.1) is 0 Å². The first-order valence-electron chi connectivity index (χ1n) is 8.27. The largest absolute Gasteiger partial charge is 1.00 e. The number of aromatic nitrogens is 4. The fourth-order valence-corrected chi connectivity index (χ4v) is 3.16. The Morgan fingerprint density at radius 1 is 1.28 bits per heavy atom. The Morgan fingerprint density at radius 2 is 2.00 bits per heavy atom. The van der Waals surface area contributed by atoms with Gasteiger partial charge in [0.1, 0.15) is 0 Å². The molecule has 2 aromatic heterocycles. The van der Waals surface area contributed by atoms with Crippen LogP contribution in [0.5, 0.6) is 0 Å². The topological polar surface area (TPSA) is 102 Å². The van der Waals surface area contributed by atoms with Crippen LogP contribution in [0.15, 0.2) is 9.59 Å². The normalized spacial score (nSPS) is 17.8. The molecule has 3 N–H and O–H groups in total. The van der Waals surface area contributed by atoms with Crippen molar-refractivity contribution in [1.82, 2.24) is 18.7 Å². The van der Waals surface area contributed by atoms with Crippen molar-refractivity contribution in [3.63, 3.8) is 0 Å². The number of fused-ring (bicyclic) bond motifs is 1. The molecule has 0 radical (unpaired) electrons. The second-order valence-electron chi connectivity index (χ2n) is 6.28. The molecule has 0 spiro atoms. The summed E-state index contributed by atoms with van der Waals surface area (Å²) in [6, 6.07) is 0. The quantitative estimate of drug-likeness (QED) is 0.581. The first-order chi connectivity index (χ1) is 11.5. The van der Waals surface area contributed by atoms with Crippen LogP contribution in [0.2, 0.25) is 0 Å². The number of nitrogens with zero attached hydrogens (tertiary/aromatic N) is 5. The molecule has 1 saturated heterocycles. The van der Waals surface area contributed by atoms with E-state index in [4.69, 9.17) is 4.74 Å². The monoisotopic (exact) mass is 372 g/mol. The van der Waals surface area contributed by atoms with Crippen molar-refractivity contribution in [3.05, 3.63) is 20.8 Å². The highest BCUT2D eigenvalue weighted by Crippen LogP contribution is 2.22. The first-order valence-corrected chi connectivity index (χ1v) is 8.27. The molecule has 0 bridgehead atoms. The minimum absolute atomic E-state index is 0. The second-order valence-corrected chi connectivity index (χ2v) is 6.28. The van der Waals surface area contributed by atoms with Crippen LogP contribution in [0.1, 0.15) is 13.3 Å². The summed E-state index contributed by atoms with van der Waals surface area (Å²) in [4.78, 5) is 31.6. The number of imidazole rings is 1. The molecule has 1 fully saturated rings. The van der Waals surface area contributed by atoms with Gasteiger partial charge in [0.25, 0.3) is 5.56 Å². The summed E-state index contributed by atoms with van der Waals surface area (Å²) >= 11 is 0. The molecular weight excluding hydrogens is 348 g/mol. The third-order valence-corrected chi connectivity index (χ3v) is 4.48. The zero-order chi connectivity index (χ0) is 17.4. The van der Waals surface area contributed by atoms with Crippen molar-refractivity contribution in [3.8, 4) is 0 Å². The smallest absolute Gasteiger partial charge is 0.332 e.